The van der Waals surface area contributed by atoms with Crippen LogP contribution in [0.4, 0.5) is 0 Å². The second-order valence-corrected chi connectivity index (χ2v) is 3.33. The van der Waals surface area contributed by atoms with Crippen LogP contribution in [0.15, 0.2) is 0 Å². The van der Waals surface area contributed by atoms with Crippen molar-refractivity contribution in [2.75, 3.05) is 0 Å². The Kier molecular flexibility index (Phi) is 20.4. The van der Waals surface area contributed by atoms with Crippen LogP contribution in [-0.2, 0) is 33.5 Å². The number of rotatable bonds is 0. The number of halogens is 2. The van der Waals surface area contributed by atoms with Gasteiger partial charge < -0.3 is 0 Å². The van der Waals surface area contributed by atoms with Crippen molar-refractivity contribution in [1.82, 2.24) is 0 Å². The molecule has 0 bridgehead atoms. The van der Waals surface area contributed by atoms with Crippen LogP contribution in [0.3, 0.4) is 0 Å². The minimum Gasteiger partial charge on any atom is 2.00 e. The minimum atomic E-state index is -0.472. The molecule has 0 unspecified atom stereocenters. The van der Waals surface area contributed by atoms with Crippen LogP contribution in [0.5, 0.6) is 0 Å². The van der Waals surface area contributed by atoms with Crippen molar-refractivity contribution in [1.29, 1.82) is 0 Å². The molecule has 31 valence electrons. The van der Waals surface area contributed by atoms with Crippen LogP contribution in [0.1, 0.15) is 0 Å². The summed E-state index contributed by atoms with van der Waals surface area (Å²) in [5.41, 5.74) is 0. The van der Waals surface area contributed by atoms with E-state index in [0.717, 1.165) is 0 Å². The molecule has 0 saturated heterocycles. The Labute approximate surface area is 52.1 Å². The fraction of sp³-hybridized carbons (Fsp3) is 0. The van der Waals surface area contributed by atoms with E-state index >= 15 is 0 Å². The van der Waals surface area contributed by atoms with Crippen molar-refractivity contribution in [3.63, 3.8) is 0 Å². The van der Waals surface area contributed by atoms with Gasteiger partial charge in [-0.05, 0) is 0 Å². The molecule has 0 aliphatic heterocycles. The van der Waals surface area contributed by atoms with Gasteiger partial charge in [0.25, 0.3) is 0 Å². The Morgan fingerprint density at radius 2 is 1.25 bits per heavy atom. The summed E-state index contributed by atoms with van der Waals surface area (Å²) in [7, 11) is 9.75. The van der Waals surface area contributed by atoms with E-state index in [9.17, 15) is 0 Å². The van der Waals surface area contributed by atoms with E-state index in [4.69, 9.17) is 18.8 Å². The summed E-state index contributed by atoms with van der Waals surface area (Å²) in [4.78, 5) is 0. The van der Waals surface area contributed by atoms with E-state index in [-0.39, 0.29) is 17.1 Å². The predicted octanol–water partition coefficient (Wildman–Crippen LogP) is 1.37. The fourth-order valence-electron chi connectivity index (χ4n) is 0. The predicted molar refractivity (Wildman–Crippen MR) is 11.7 cm³/mol. The summed E-state index contributed by atoms with van der Waals surface area (Å²) in [6, 6.07) is 0. The summed E-state index contributed by atoms with van der Waals surface area (Å²) in [5, 5.41) is 0. The maximum absolute atomic E-state index is 4.88. The summed E-state index contributed by atoms with van der Waals surface area (Å²) >= 11 is -0.472. The molecule has 0 spiro atoms. The minimum absolute atomic E-state index is 0. The Hall–Kier alpha value is 1.79. The van der Waals surface area contributed by atoms with E-state index in [2.05, 4.69) is 0 Å². The molecule has 0 amide bonds. The first kappa shape index (κ1) is 9.25. The maximum Gasteiger partial charge on any atom is 2.00 e. The summed E-state index contributed by atoms with van der Waals surface area (Å²) in [6.45, 7) is 0. The molecule has 0 saturated carbocycles. The van der Waals surface area contributed by atoms with Gasteiger partial charge in [0.2, 0.25) is 0 Å². The Balaban J connectivity index is 0. The van der Waals surface area contributed by atoms with Crippen molar-refractivity contribution >= 4 is 18.8 Å². The van der Waals surface area contributed by atoms with E-state index < -0.39 is 16.5 Å². The molecule has 0 aromatic carbocycles. The van der Waals surface area contributed by atoms with Crippen LogP contribution >= 0.6 is 18.8 Å². The molecule has 0 aliphatic carbocycles. The second-order valence-electron chi connectivity index (χ2n) is 0.0452. The van der Waals surface area contributed by atoms with Gasteiger partial charge in [-0.3, -0.25) is 0 Å². The molecule has 0 nitrogen and oxygen atoms in total. The quantitative estimate of drug-likeness (QED) is 0.592. The van der Waals surface area contributed by atoms with Crippen molar-refractivity contribution in [3.05, 3.63) is 0 Å². The zero-order valence-corrected chi connectivity index (χ0v) is 6.41. The first-order valence-electron chi connectivity index (χ1n) is 0.239. The SMILES string of the molecule is [Cl][Pt-2][Cl].[Mn+2]. The number of hydrogen-bond donors (Lipinski definition) is 0. The van der Waals surface area contributed by atoms with Gasteiger partial charge in [-0.1, -0.05) is 0 Å². The van der Waals surface area contributed by atoms with Crippen molar-refractivity contribution in [3.8, 4) is 0 Å². The van der Waals surface area contributed by atoms with Crippen LogP contribution in [-0.4, -0.2) is 0 Å². The zero-order valence-electron chi connectivity index (χ0n) is 1.45. The fourth-order valence-corrected chi connectivity index (χ4v) is 0. The third-order valence-electron chi connectivity index (χ3n) is 0. The first-order chi connectivity index (χ1) is 1.41. The molecule has 0 N–H and O–H groups in total. The molecular formula is Cl2MnPt. The van der Waals surface area contributed by atoms with Crippen molar-refractivity contribution in [2.24, 2.45) is 0 Å². The zero-order chi connectivity index (χ0) is 2.71. The first-order valence-corrected chi connectivity index (χ1v) is 5.87. The van der Waals surface area contributed by atoms with Crippen molar-refractivity contribution in [2.45, 2.75) is 0 Å². The Morgan fingerprint density at radius 1 is 1.25 bits per heavy atom. The molecule has 0 heterocycles. The molecule has 0 atom stereocenters. The van der Waals surface area contributed by atoms with E-state index in [1.807, 2.05) is 0 Å². The van der Waals surface area contributed by atoms with Gasteiger partial charge in [0, 0.05) is 0 Å². The summed E-state index contributed by atoms with van der Waals surface area (Å²) in [6.07, 6.45) is 0. The van der Waals surface area contributed by atoms with Gasteiger partial charge in [-0.25, -0.2) is 0 Å². The van der Waals surface area contributed by atoms with Gasteiger partial charge in [-0.15, -0.1) is 0 Å². The van der Waals surface area contributed by atoms with Gasteiger partial charge in [-0.2, -0.15) is 0 Å². The van der Waals surface area contributed by atoms with E-state index in [1.165, 1.54) is 0 Å². The average Bonchev–Trinajstić information content (AvgIpc) is 0.918. The molecule has 0 aromatic rings. The maximum atomic E-state index is 4.88. The molecule has 1 radical (unpaired) electrons. The second kappa shape index (κ2) is 8.84. The van der Waals surface area contributed by atoms with Crippen LogP contribution in [0, 0.1) is 0 Å². The van der Waals surface area contributed by atoms with Crippen molar-refractivity contribution < 1.29 is 33.5 Å². The topological polar surface area (TPSA) is 0 Å². The Bertz CT molecular complexity index is 6.00. The van der Waals surface area contributed by atoms with Crippen LogP contribution in [0.25, 0.3) is 0 Å². The normalized spacial score (nSPS) is 5.50. The number of hydrogen-bond acceptors (Lipinski definition) is 0. The molecule has 4 heteroatoms. The summed E-state index contributed by atoms with van der Waals surface area (Å²) in [5.74, 6) is 0. The molecular weight excluding hydrogens is 321 g/mol. The van der Waals surface area contributed by atoms with Gasteiger partial charge >= 0.3 is 52.4 Å². The molecule has 0 aliphatic rings. The van der Waals surface area contributed by atoms with Gasteiger partial charge in [0.15, 0.2) is 0 Å². The van der Waals surface area contributed by atoms with E-state index in [0.29, 0.717) is 0 Å². The third-order valence-corrected chi connectivity index (χ3v) is 0. The molecule has 0 rings (SSSR count). The monoisotopic (exact) mass is 320 g/mol. The Morgan fingerprint density at radius 3 is 1.25 bits per heavy atom. The average molecular weight is 321 g/mol. The molecule has 4 heavy (non-hydrogen) atoms. The third kappa shape index (κ3) is 9.21. The van der Waals surface area contributed by atoms with E-state index in [1.54, 1.807) is 0 Å². The largest absolute Gasteiger partial charge is 2.00 e. The molecule has 0 fully saturated rings. The van der Waals surface area contributed by atoms with Gasteiger partial charge in [0.05, 0.1) is 0 Å². The molecule has 0 aromatic heterocycles. The van der Waals surface area contributed by atoms with Crippen LogP contribution < -0.4 is 0 Å². The smallest absolute Gasteiger partial charge is 2.00 e. The van der Waals surface area contributed by atoms with Gasteiger partial charge in [0.1, 0.15) is 0 Å². The standard InChI is InChI=1S/2ClH.Mn.Pt/h2*1H;;/q;;+2;/p-2. The van der Waals surface area contributed by atoms with Crippen LogP contribution in [0.2, 0.25) is 0 Å². The summed E-state index contributed by atoms with van der Waals surface area (Å²) < 4.78 is 0.